The zero-order valence-corrected chi connectivity index (χ0v) is 36.6. The van der Waals surface area contributed by atoms with Gasteiger partial charge in [0.25, 0.3) is 0 Å². The number of carbonyl (C=O) groups excluding carboxylic acids is 2. The van der Waals surface area contributed by atoms with Gasteiger partial charge in [-0.05, 0) is 64.2 Å². The Balaban J connectivity index is 4.35. The lowest BCUT2D eigenvalue weighted by molar-refractivity contribution is -0.870. The fourth-order valence-corrected chi connectivity index (χ4v) is 6.69. The lowest BCUT2D eigenvalue weighted by Gasteiger charge is -2.24. The Labute approximate surface area is 332 Å². The molecule has 0 amide bonds. The second-order valence-corrected chi connectivity index (χ2v) is 17.5. The number of hydrogen-bond donors (Lipinski definition) is 1. The highest BCUT2D eigenvalue weighted by atomic mass is 31.2. The number of ether oxygens (including phenoxy) is 2. The molecule has 0 saturated heterocycles. The van der Waals surface area contributed by atoms with Crippen LogP contribution in [0.3, 0.4) is 0 Å². The summed E-state index contributed by atoms with van der Waals surface area (Å²) in [6.45, 7) is 4.39. The van der Waals surface area contributed by atoms with Gasteiger partial charge in [0.2, 0.25) is 0 Å². The number of esters is 2. The van der Waals surface area contributed by atoms with Gasteiger partial charge in [0.1, 0.15) is 19.8 Å². The molecule has 0 spiro atoms. The standard InChI is InChI=1S/C44H84NO8P/c1-6-8-10-12-14-16-18-20-22-24-26-28-30-32-34-36-43(46)50-40-42(41-52-54(48,49)51-39-38-45(3,4)5)53-44(47)37-35-33-31-29-27-25-23-21-19-17-15-13-11-9-7-2/h14-17,42H,6-13,18-41H2,1-5H3/p+1/b16-14-,17-15-/t42-/m1/s1. The molecule has 9 nitrogen and oxygen atoms in total. The zero-order valence-electron chi connectivity index (χ0n) is 35.7. The molecule has 0 radical (unpaired) electrons. The molecule has 0 aromatic carbocycles. The van der Waals surface area contributed by atoms with Crippen molar-refractivity contribution in [3.63, 3.8) is 0 Å². The molecule has 0 fully saturated rings. The highest BCUT2D eigenvalue weighted by Crippen LogP contribution is 2.43. The number of likely N-dealkylation sites (N-methyl/N-ethyl adjacent to an activating group) is 1. The smallest absolute Gasteiger partial charge is 0.462 e. The minimum absolute atomic E-state index is 0.0319. The van der Waals surface area contributed by atoms with E-state index in [-0.39, 0.29) is 32.0 Å². The van der Waals surface area contributed by atoms with Crippen LogP contribution in [0.2, 0.25) is 0 Å². The first-order valence-electron chi connectivity index (χ1n) is 22.1. The van der Waals surface area contributed by atoms with Crippen LogP contribution in [0.15, 0.2) is 24.3 Å². The van der Waals surface area contributed by atoms with Crippen LogP contribution >= 0.6 is 7.82 Å². The van der Waals surface area contributed by atoms with Crippen molar-refractivity contribution in [2.75, 3.05) is 47.5 Å². The van der Waals surface area contributed by atoms with Crippen LogP contribution in [-0.4, -0.2) is 74.9 Å². The average molecular weight is 787 g/mol. The quantitative estimate of drug-likeness (QED) is 0.0215. The normalized spacial score (nSPS) is 13.8. The van der Waals surface area contributed by atoms with Crippen molar-refractivity contribution >= 4 is 19.8 Å². The van der Waals surface area contributed by atoms with Crippen LogP contribution < -0.4 is 0 Å². The number of phosphoric ester groups is 1. The predicted molar refractivity (Wildman–Crippen MR) is 224 cm³/mol. The first kappa shape index (κ1) is 52.5. The molecule has 0 aliphatic heterocycles. The third-order valence-corrected chi connectivity index (χ3v) is 10.4. The summed E-state index contributed by atoms with van der Waals surface area (Å²) in [4.78, 5) is 35.3. The van der Waals surface area contributed by atoms with Crippen molar-refractivity contribution in [3.8, 4) is 0 Å². The van der Waals surface area contributed by atoms with Crippen LogP contribution in [0.5, 0.6) is 0 Å². The number of hydrogen-bond acceptors (Lipinski definition) is 7. The van der Waals surface area contributed by atoms with Crippen molar-refractivity contribution in [3.05, 3.63) is 24.3 Å². The summed E-state index contributed by atoms with van der Waals surface area (Å²) in [5.74, 6) is -0.802. The van der Waals surface area contributed by atoms with E-state index in [1.54, 1.807) is 0 Å². The van der Waals surface area contributed by atoms with Crippen molar-refractivity contribution < 1.29 is 42.1 Å². The third-order valence-electron chi connectivity index (χ3n) is 9.45. The highest BCUT2D eigenvalue weighted by Gasteiger charge is 2.27. The molecule has 0 saturated carbocycles. The minimum Gasteiger partial charge on any atom is -0.462 e. The van der Waals surface area contributed by atoms with Crippen molar-refractivity contribution in [2.24, 2.45) is 0 Å². The van der Waals surface area contributed by atoms with E-state index in [0.717, 1.165) is 38.5 Å². The molecule has 0 bridgehead atoms. The first-order valence-corrected chi connectivity index (χ1v) is 23.6. The second kappa shape index (κ2) is 37.1. The highest BCUT2D eigenvalue weighted by molar-refractivity contribution is 7.47. The van der Waals surface area contributed by atoms with Gasteiger partial charge in [-0.25, -0.2) is 4.57 Å². The molecule has 0 aromatic rings. The summed E-state index contributed by atoms with van der Waals surface area (Å²) in [5.41, 5.74) is 0. The van der Waals surface area contributed by atoms with E-state index in [1.165, 1.54) is 122 Å². The van der Waals surface area contributed by atoms with E-state index in [0.29, 0.717) is 17.4 Å². The van der Waals surface area contributed by atoms with Gasteiger partial charge in [0.15, 0.2) is 6.10 Å². The maximum Gasteiger partial charge on any atom is 0.472 e. The summed E-state index contributed by atoms with van der Waals surface area (Å²) in [6.07, 6.45) is 39.3. The van der Waals surface area contributed by atoms with Crippen LogP contribution in [0, 0.1) is 0 Å². The topological polar surface area (TPSA) is 108 Å². The van der Waals surface area contributed by atoms with Gasteiger partial charge in [0.05, 0.1) is 27.7 Å². The number of phosphoric acid groups is 1. The SMILES string of the molecule is CCCCC/C=C\CCCCCCCCCCC(=O)OC[C@H](COP(=O)(O)OCC[N+](C)(C)C)OC(=O)CCCCCCCCCC/C=C\CCCCC. The van der Waals surface area contributed by atoms with E-state index in [9.17, 15) is 19.0 Å². The second-order valence-electron chi connectivity index (χ2n) is 16.1. The molecule has 0 aliphatic rings. The molecule has 1 N–H and O–H groups in total. The number of carbonyl (C=O) groups is 2. The van der Waals surface area contributed by atoms with E-state index in [1.807, 2.05) is 21.1 Å². The summed E-state index contributed by atoms with van der Waals surface area (Å²) in [7, 11) is 1.48. The molecular weight excluding hydrogens is 701 g/mol. The molecule has 0 aromatic heterocycles. The molecule has 0 aliphatic carbocycles. The Bertz CT molecular complexity index is 980. The van der Waals surface area contributed by atoms with Gasteiger partial charge in [-0.1, -0.05) is 141 Å². The molecule has 0 heterocycles. The molecule has 2 atom stereocenters. The first-order chi connectivity index (χ1) is 26.0. The number of quaternary nitrogens is 1. The van der Waals surface area contributed by atoms with Gasteiger partial charge in [-0.2, -0.15) is 0 Å². The average Bonchev–Trinajstić information content (AvgIpc) is 3.12. The molecule has 0 rings (SSSR count). The molecular formula is C44H85NO8P+. The summed E-state index contributed by atoms with van der Waals surface area (Å²) >= 11 is 0. The maximum atomic E-state index is 12.7. The number of allylic oxidation sites excluding steroid dienone is 4. The van der Waals surface area contributed by atoms with Gasteiger partial charge in [0, 0.05) is 12.8 Å². The van der Waals surface area contributed by atoms with Gasteiger partial charge >= 0.3 is 19.8 Å². The van der Waals surface area contributed by atoms with E-state index < -0.39 is 26.5 Å². The summed E-state index contributed by atoms with van der Waals surface area (Å²) in [6, 6.07) is 0. The van der Waals surface area contributed by atoms with Crippen LogP contribution in [0.4, 0.5) is 0 Å². The van der Waals surface area contributed by atoms with Gasteiger partial charge in [-0.15, -0.1) is 0 Å². The Kier molecular flexibility index (Phi) is 36.1. The van der Waals surface area contributed by atoms with E-state index in [4.69, 9.17) is 18.5 Å². The van der Waals surface area contributed by atoms with Crippen molar-refractivity contribution in [1.82, 2.24) is 0 Å². The fourth-order valence-electron chi connectivity index (χ4n) is 5.94. The lowest BCUT2D eigenvalue weighted by Crippen LogP contribution is -2.37. The van der Waals surface area contributed by atoms with Crippen molar-refractivity contribution in [1.29, 1.82) is 0 Å². The largest absolute Gasteiger partial charge is 0.472 e. The molecule has 1 unspecified atom stereocenters. The number of nitrogens with zero attached hydrogens (tertiary/aromatic N) is 1. The Morgan fingerprint density at radius 1 is 0.556 bits per heavy atom. The van der Waals surface area contributed by atoms with E-state index >= 15 is 0 Å². The fraction of sp³-hybridized carbons (Fsp3) is 0.864. The third kappa shape index (κ3) is 40.2. The summed E-state index contributed by atoms with van der Waals surface area (Å²) in [5, 5.41) is 0. The summed E-state index contributed by atoms with van der Waals surface area (Å²) < 4.78 is 34.3. The van der Waals surface area contributed by atoms with Crippen LogP contribution in [-0.2, 0) is 32.7 Å². The lowest BCUT2D eigenvalue weighted by atomic mass is 10.1. The maximum absolute atomic E-state index is 12.7. The Morgan fingerprint density at radius 2 is 0.944 bits per heavy atom. The Hall–Kier alpha value is -1.51. The van der Waals surface area contributed by atoms with Crippen LogP contribution in [0.25, 0.3) is 0 Å². The predicted octanol–water partition coefficient (Wildman–Crippen LogP) is 12.4. The molecule has 10 heteroatoms. The molecule has 318 valence electrons. The van der Waals surface area contributed by atoms with Gasteiger partial charge in [-0.3, -0.25) is 18.6 Å². The number of unbranched alkanes of at least 4 members (excludes halogenated alkanes) is 22. The zero-order chi connectivity index (χ0) is 40.0. The van der Waals surface area contributed by atoms with E-state index in [2.05, 4.69) is 38.2 Å². The minimum atomic E-state index is -4.37. The monoisotopic (exact) mass is 787 g/mol. The number of rotatable bonds is 40. The van der Waals surface area contributed by atoms with Crippen LogP contribution in [0.1, 0.15) is 194 Å². The van der Waals surface area contributed by atoms with Gasteiger partial charge < -0.3 is 18.9 Å². The molecule has 54 heavy (non-hydrogen) atoms. The van der Waals surface area contributed by atoms with Crippen molar-refractivity contribution in [2.45, 2.75) is 200 Å². The Morgan fingerprint density at radius 3 is 1.37 bits per heavy atom.